The monoisotopic (exact) mass is 727 g/mol. The molecule has 4 heteroatoms. The van der Waals surface area contributed by atoms with E-state index in [0.717, 1.165) is 90.5 Å². The van der Waals surface area contributed by atoms with E-state index in [1.807, 2.05) is 66.7 Å². The Labute approximate surface area is 329 Å². The molecule has 9 rings (SSSR count). The molecule has 1 aliphatic carbocycles. The largest absolute Gasteiger partial charge is 0.455 e. The molecule has 0 unspecified atom stereocenters. The van der Waals surface area contributed by atoms with E-state index in [1.165, 1.54) is 31.2 Å². The van der Waals surface area contributed by atoms with Gasteiger partial charge in [0.15, 0.2) is 5.82 Å². The van der Waals surface area contributed by atoms with Crippen LogP contribution in [0.5, 0.6) is 0 Å². The van der Waals surface area contributed by atoms with Gasteiger partial charge in [-0.1, -0.05) is 137 Å². The predicted molar refractivity (Wildman–Crippen MR) is 230 cm³/mol. The number of nitrogens with zero attached hydrogens (tertiary/aromatic N) is 3. The molecule has 6 aromatic carbocycles. The number of furan rings is 1. The number of rotatable bonds is 7. The topological polar surface area (TPSA) is 62.7 Å². The summed E-state index contributed by atoms with van der Waals surface area (Å²) in [5, 5.41) is 11.9. The zero-order valence-corrected chi connectivity index (χ0v) is 32.3. The van der Waals surface area contributed by atoms with Crippen LogP contribution in [0, 0.1) is 23.2 Å². The zero-order valence-electron chi connectivity index (χ0n) is 32.3. The molecule has 0 bridgehead atoms. The minimum Gasteiger partial charge on any atom is -0.455 e. The number of benzene rings is 6. The molecular formula is C52H45N3O. The third kappa shape index (κ3) is 6.69. The lowest BCUT2D eigenvalue weighted by molar-refractivity contribution is 0.295. The van der Waals surface area contributed by atoms with E-state index in [-0.39, 0.29) is 5.41 Å². The summed E-state index contributed by atoms with van der Waals surface area (Å²) < 4.78 is 6.59. The van der Waals surface area contributed by atoms with Crippen LogP contribution >= 0.6 is 0 Å². The quantitative estimate of drug-likeness (QED) is 0.153. The van der Waals surface area contributed by atoms with Crippen LogP contribution in [-0.4, -0.2) is 9.97 Å². The van der Waals surface area contributed by atoms with Crippen LogP contribution in [0.1, 0.15) is 64.0 Å². The highest BCUT2D eigenvalue weighted by Crippen LogP contribution is 2.46. The molecule has 0 amide bonds. The van der Waals surface area contributed by atoms with Gasteiger partial charge in [-0.05, 0) is 101 Å². The normalized spacial score (nSPS) is 16.8. The molecule has 0 spiro atoms. The number of aromatic nitrogens is 2. The van der Waals surface area contributed by atoms with Crippen molar-refractivity contribution in [3.63, 3.8) is 0 Å². The molecule has 4 nitrogen and oxygen atoms in total. The molecule has 0 saturated heterocycles. The smallest absolute Gasteiger partial charge is 0.160 e. The first-order valence-corrected chi connectivity index (χ1v) is 20.0. The number of hydrogen-bond acceptors (Lipinski definition) is 4. The third-order valence-corrected chi connectivity index (χ3v) is 12.1. The molecule has 2 atom stereocenters. The average molecular weight is 728 g/mol. The average Bonchev–Trinajstić information content (AvgIpc) is 3.56. The van der Waals surface area contributed by atoms with Crippen molar-refractivity contribution >= 4 is 21.9 Å². The Morgan fingerprint density at radius 2 is 1.25 bits per heavy atom. The molecule has 56 heavy (non-hydrogen) atoms. The lowest BCUT2D eigenvalue weighted by Crippen LogP contribution is -2.28. The van der Waals surface area contributed by atoms with Crippen LogP contribution in [0.2, 0.25) is 0 Å². The first-order chi connectivity index (χ1) is 27.4. The van der Waals surface area contributed by atoms with Gasteiger partial charge >= 0.3 is 0 Å². The minimum absolute atomic E-state index is 0.200. The first kappa shape index (κ1) is 35.4. The molecule has 8 aromatic rings. The number of fused-ring (bicyclic) bond motifs is 3. The summed E-state index contributed by atoms with van der Waals surface area (Å²) in [6.07, 6.45) is 6.26. The summed E-state index contributed by atoms with van der Waals surface area (Å²) in [5.41, 5.74) is 12.7. The van der Waals surface area contributed by atoms with E-state index >= 15 is 0 Å². The summed E-state index contributed by atoms with van der Waals surface area (Å²) in [6.45, 7) is 7.26. The Hall–Kier alpha value is -6.31. The van der Waals surface area contributed by atoms with Crippen LogP contribution in [0.15, 0.2) is 150 Å². The van der Waals surface area contributed by atoms with Gasteiger partial charge in [0.1, 0.15) is 11.2 Å². The van der Waals surface area contributed by atoms with E-state index in [2.05, 4.69) is 106 Å². The van der Waals surface area contributed by atoms with Crippen molar-refractivity contribution in [2.75, 3.05) is 0 Å². The van der Waals surface area contributed by atoms with Crippen molar-refractivity contribution in [1.29, 1.82) is 5.26 Å². The molecule has 2 heterocycles. The fraction of sp³-hybridized carbons (Fsp3) is 0.212. The molecule has 0 N–H and O–H groups in total. The standard InChI is InChI=1S/C52H45N3O/c1-4-52(31-34(2)20-21-35(3)32-52)43-24-22-37(23-25-43)40-27-41(44-17-11-18-46-45-16-8-9-19-49(45)56-50(44)46)29-42(28-40)48-30-47(39-15-10-12-36(26-39)33-53)54-51(55-48)38-13-6-5-7-14-38/h5-19,22-30,34-35H,4,20-21,31-32H2,1-3H3/t34-,35-/m0/s1. The van der Waals surface area contributed by atoms with Crippen LogP contribution in [0.3, 0.4) is 0 Å². The molecule has 2 aromatic heterocycles. The second-order valence-electron chi connectivity index (χ2n) is 16.0. The van der Waals surface area contributed by atoms with E-state index < -0.39 is 0 Å². The van der Waals surface area contributed by atoms with Gasteiger partial charge in [0.05, 0.1) is 23.0 Å². The maximum atomic E-state index is 9.74. The SMILES string of the molecule is CCC1(c2ccc(-c3cc(-c4cc(-c5cccc(C#N)c5)nc(-c5ccccc5)n4)cc(-c4cccc5c4oc4ccccc45)c3)cc2)C[C@@H](C)CC[C@H](C)C1. The fourth-order valence-corrected chi connectivity index (χ4v) is 9.21. The van der Waals surface area contributed by atoms with E-state index in [4.69, 9.17) is 14.4 Å². The van der Waals surface area contributed by atoms with Crippen molar-refractivity contribution in [1.82, 2.24) is 9.97 Å². The van der Waals surface area contributed by atoms with Crippen molar-refractivity contribution in [3.05, 3.63) is 157 Å². The highest BCUT2D eigenvalue weighted by molar-refractivity contribution is 6.09. The van der Waals surface area contributed by atoms with Gasteiger partial charge in [-0.15, -0.1) is 0 Å². The lowest BCUT2D eigenvalue weighted by Gasteiger charge is -2.35. The number of nitriles is 1. The molecular weight excluding hydrogens is 683 g/mol. The van der Waals surface area contributed by atoms with Crippen molar-refractivity contribution < 1.29 is 4.42 Å². The molecule has 1 fully saturated rings. The lowest BCUT2D eigenvalue weighted by atomic mass is 9.69. The Balaban J connectivity index is 1.24. The van der Waals surface area contributed by atoms with E-state index in [1.54, 1.807) is 0 Å². The van der Waals surface area contributed by atoms with Gasteiger partial charge < -0.3 is 4.42 Å². The third-order valence-electron chi connectivity index (χ3n) is 12.1. The van der Waals surface area contributed by atoms with Gasteiger partial charge in [0.25, 0.3) is 0 Å². The predicted octanol–water partition coefficient (Wildman–Crippen LogP) is 14.1. The Morgan fingerprint density at radius 3 is 2.00 bits per heavy atom. The maximum absolute atomic E-state index is 9.74. The molecule has 1 aliphatic rings. The van der Waals surface area contributed by atoms with Crippen LogP contribution in [0.25, 0.3) is 78.1 Å². The fourth-order valence-electron chi connectivity index (χ4n) is 9.21. The van der Waals surface area contributed by atoms with Crippen molar-refractivity contribution in [3.8, 4) is 62.2 Å². The Kier molecular flexibility index (Phi) is 9.31. The summed E-state index contributed by atoms with van der Waals surface area (Å²) >= 11 is 0. The van der Waals surface area contributed by atoms with Gasteiger partial charge in [-0.2, -0.15) is 5.26 Å². The van der Waals surface area contributed by atoms with Crippen molar-refractivity contribution in [2.45, 2.75) is 58.3 Å². The van der Waals surface area contributed by atoms with Crippen molar-refractivity contribution in [2.24, 2.45) is 11.8 Å². The summed E-state index contributed by atoms with van der Waals surface area (Å²) in [5.74, 6) is 2.08. The first-order valence-electron chi connectivity index (χ1n) is 20.0. The summed E-state index contributed by atoms with van der Waals surface area (Å²) in [4.78, 5) is 10.3. The van der Waals surface area contributed by atoms with Gasteiger partial charge in [0.2, 0.25) is 0 Å². The molecule has 274 valence electrons. The Bertz CT molecular complexity index is 2730. The molecule has 0 aliphatic heterocycles. The van der Waals surface area contributed by atoms with Crippen LogP contribution < -0.4 is 0 Å². The number of hydrogen-bond donors (Lipinski definition) is 0. The van der Waals surface area contributed by atoms with Gasteiger partial charge in [-0.3, -0.25) is 0 Å². The summed E-state index contributed by atoms with van der Waals surface area (Å²) in [7, 11) is 0. The van der Waals surface area contributed by atoms with Crippen LogP contribution in [-0.2, 0) is 5.41 Å². The number of para-hydroxylation sites is 2. The van der Waals surface area contributed by atoms with Gasteiger partial charge in [-0.25, -0.2) is 9.97 Å². The summed E-state index contributed by atoms with van der Waals surface area (Å²) in [6, 6.07) is 53.0. The van der Waals surface area contributed by atoms with Crippen LogP contribution in [0.4, 0.5) is 0 Å². The highest BCUT2D eigenvalue weighted by Gasteiger charge is 2.36. The zero-order chi connectivity index (χ0) is 38.2. The van der Waals surface area contributed by atoms with E-state index in [9.17, 15) is 5.26 Å². The minimum atomic E-state index is 0.200. The molecule has 0 radical (unpaired) electrons. The highest BCUT2D eigenvalue weighted by atomic mass is 16.3. The second-order valence-corrected chi connectivity index (χ2v) is 16.0. The van der Waals surface area contributed by atoms with Gasteiger partial charge in [0, 0.05) is 33.0 Å². The Morgan fingerprint density at radius 1 is 0.607 bits per heavy atom. The molecule has 1 saturated carbocycles. The van der Waals surface area contributed by atoms with E-state index in [0.29, 0.717) is 11.4 Å². The second kappa shape index (κ2) is 14.7. The maximum Gasteiger partial charge on any atom is 0.160 e.